The highest BCUT2D eigenvalue weighted by molar-refractivity contribution is 9.10. The Bertz CT molecular complexity index is 623. The van der Waals surface area contributed by atoms with Crippen LogP contribution in [0, 0.1) is 0 Å². The third-order valence-corrected chi connectivity index (χ3v) is 5.02. The monoisotopic (exact) mass is 425 g/mol. The zero-order valence-corrected chi connectivity index (χ0v) is 17.3. The van der Waals surface area contributed by atoms with Crippen molar-refractivity contribution in [2.75, 3.05) is 39.3 Å². The Balaban J connectivity index is 1.68. The smallest absolute Gasteiger partial charge is 0.317 e. The van der Waals surface area contributed by atoms with Crippen LogP contribution in [0.4, 0.5) is 4.79 Å². The third-order valence-electron chi connectivity index (χ3n) is 4.40. The SMILES string of the molecule is CC(C)(C)c1ccc(OCCCNC(=O)N2CCN(C=O)CC2)c(Br)c1. The first kappa shape index (κ1) is 20.6. The highest BCUT2D eigenvalue weighted by Gasteiger charge is 2.19. The summed E-state index contributed by atoms with van der Waals surface area (Å²) in [5.74, 6) is 0.814. The van der Waals surface area contributed by atoms with Crippen molar-refractivity contribution in [1.29, 1.82) is 0 Å². The van der Waals surface area contributed by atoms with Gasteiger partial charge in [0.1, 0.15) is 5.75 Å². The molecule has 1 fully saturated rings. The molecule has 7 heteroatoms. The molecule has 3 amide bonds. The van der Waals surface area contributed by atoms with Gasteiger partial charge < -0.3 is 19.9 Å². The van der Waals surface area contributed by atoms with E-state index >= 15 is 0 Å². The summed E-state index contributed by atoms with van der Waals surface area (Å²) < 4.78 is 6.75. The molecule has 0 atom stereocenters. The van der Waals surface area contributed by atoms with Crippen LogP contribution in [-0.4, -0.2) is 61.6 Å². The molecule has 1 N–H and O–H groups in total. The molecule has 144 valence electrons. The van der Waals surface area contributed by atoms with Gasteiger partial charge in [0.05, 0.1) is 11.1 Å². The Labute approximate surface area is 164 Å². The second-order valence-electron chi connectivity index (χ2n) is 7.46. The molecule has 2 rings (SSSR count). The maximum atomic E-state index is 12.1. The van der Waals surface area contributed by atoms with Crippen LogP contribution in [0.2, 0.25) is 0 Å². The molecular weight excluding hydrogens is 398 g/mol. The highest BCUT2D eigenvalue weighted by Crippen LogP contribution is 2.31. The van der Waals surface area contributed by atoms with Crippen LogP contribution in [-0.2, 0) is 10.2 Å². The summed E-state index contributed by atoms with van der Waals surface area (Å²) in [7, 11) is 0. The Kier molecular flexibility index (Phi) is 7.32. The van der Waals surface area contributed by atoms with Gasteiger partial charge in [-0.1, -0.05) is 26.8 Å². The van der Waals surface area contributed by atoms with Gasteiger partial charge in [-0.05, 0) is 45.5 Å². The van der Waals surface area contributed by atoms with Crippen LogP contribution in [0.1, 0.15) is 32.8 Å². The van der Waals surface area contributed by atoms with Gasteiger partial charge in [0.25, 0.3) is 0 Å². The molecule has 0 aliphatic carbocycles. The third kappa shape index (κ3) is 5.90. The van der Waals surface area contributed by atoms with Crippen molar-refractivity contribution in [2.45, 2.75) is 32.6 Å². The van der Waals surface area contributed by atoms with E-state index in [4.69, 9.17) is 4.74 Å². The molecule has 0 aromatic heterocycles. The van der Waals surface area contributed by atoms with E-state index in [9.17, 15) is 9.59 Å². The summed E-state index contributed by atoms with van der Waals surface area (Å²) in [5, 5.41) is 2.90. The lowest BCUT2D eigenvalue weighted by Gasteiger charge is -2.32. The van der Waals surface area contributed by atoms with Gasteiger partial charge in [-0.3, -0.25) is 4.79 Å². The standard InChI is InChI=1S/C19H28BrN3O3/c1-19(2,3)15-5-6-17(16(20)13-15)26-12-4-7-21-18(25)23-10-8-22(14-24)9-11-23/h5-6,13-14H,4,7-12H2,1-3H3,(H,21,25). The summed E-state index contributed by atoms with van der Waals surface area (Å²) in [5.41, 5.74) is 1.35. The molecule has 0 spiro atoms. The first-order valence-electron chi connectivity index (χ1n) is 8.96. The fraction of sp³-hybridized carbons (Fsp3) is 0.579. The van der Waals surface area contributed by atoms with Gasteiger partial charge >= 0.3 is 6.03 Å². The topological polar surface area (TPSA) is 61.9 Å². The van der Waals surface area contributed by atoms with Crippen LogP contribution in [0.5, 0.6) is 5.75 Å². The summed E-state index contributed by atoms with van der Waals surface area (Å²) in [4.78, 5) is 26.2. The molecule has 0 saturated carbocycles. The lowest BCUT2D eigenvalue weighted by Crippen LogP contribution is -2.51. The first-order chi connectivity index (χ1) is 12.3. The zero-order chi connectivity index (χ0) is 19.2. The normalized spacial score (nSPS) is 14.9. The number of halogens is 1. The van der Waals surface area contributed by atoms with Crippen LogP contribution >= 0.6 is 15.9 Å². The fourth-order valence-electron chi connectivity index (χ4n) is 2.68. The van der Waals surface area contributed by atoms with Gasteiger partial charge in [0.2, 0.25) is 6.41 Å². The van der Waals surface area contributed by atoms with E-state index in [0.717, 1.165) is 23.1 Å². The molecule has 0 bridgehead atoms. The van der Waals surface area contributed by atoms with Gasteiger partial charge in [-0.15, -0.1) is 0 Å². The highest BCUT2D eigenvalue weighted by atomic mass is 79.9. The molecule has 1 aromatic rings. The van der Waals surface area contributed by atoms with Gasteiger partial charge in [-0.2, -0.15) is 0 Å². The zero-order valence-electron chi connectivity index (χ0n) is 15.8. The average Bonchev–Trinajstić information content (AvgIpc) is 2.61. The van der Waals surface area contributed by atoms with Gasteiger partial charge in [0, 0.05) is 32.7 Å². The molecule has 0 unspecified atom stereocenters. The maximum absolute atomic E-state index is 12.1. The van der Waals surface area contributed by atoms with Crippen molar-refractivity contribution in [3.63, 3.8) is 0 Å². The summed E-state index contributed by atoms with van der Waals surface area (Å²) >= 11 is 3.56. The minimum atomic E-state index is -0.0775. The largest absolute Gasteiger partial charge is 0.492 e. The van der Waals surface area contributed by atoms with E-state index in [1.54, 1.807) is 9.80 Å². The lowest BCUT2D eigenvalue weighted by molar-refractivity contribution is -0.119. The van der Waals surface area contributed by atoms with Crippen LogP contribution in [0.25, 0.3) is 0 Å². The Hall–Kier alpha value is -1.76. The number of carbonyl (C=O) groups excluding carboxylic acids is 2. The van der Waals surface area contributed by atoms with Crippen LogP contribution in [0.15, 0.2) is 22.7 Å². The fourth-order valence-corrected chi connectivity index (χ4v) is 3.17. The number of hydrogen-bond acceptors (Lipinski definition) is 3. The molecule has 1 aromatic carbocycles. The van der Waals surface area contributed by atoms with Crippen molar-refractivity contribution in [3.05, 3.63) is 28.2 Å². The van der Waals surface area contributed by atoms with Gasteiger partial charge in [-0.25, -0.2) is 4.79 Å². The molecule has 1 aliphatic heterocycles. The number of nitrogens with one attached hydrogen (secondary N) is 1. The molecular formula is C19H28BrN3O3. The number of benzene rings is 1. The van der Waals surface area contributed by atoms with Crippen molar-refractivity contribution >= 4 is 28.4 Å². The number of rotatable bonds is 6. The number of urea groups is 1. The maximum Gasteiger partial charge on any atom is 0.317 e. The summed E-state index contributed by atoms with van der Waals surface area (Å²) in [6.45, 7) is 9.97. The number of carbonyl (C=O) groups is 2. The Morgan fingerprint density at radius 2 is 1.96 bits per heavy atom. The molecule has 1 heterocycles. The number of hydrogen-bond donors (Lipinski definition) is 1. The lowest BCUT2D eigenvalue weighted by atomic mass is 9.87. The van der Waals surface area contributed by atoms with Crippen molar-refractivity contribution in [1.82, 2.24) is 15.1 Å². The van der Waals surface area contributed by atoms with E-state index in [0.29, 0.717) is 39.3 Å². The van der Waals surface area contributed by atoms with E-state index in [2.05, 4.69) is 54.2 Å². The van der Waals surface area contributed by atoms with Crippen LogP contribution in [0.3, 0.4) is 0 Å². The second-order valence-corrected chi connectivity index (χ2v) is 8.31. The molecule has 6 nitrogen and oxygen atoms in total. The average molecular weight is 426 g/mol. The molecule has 0 radical (unpaired) electrons. The van der Waals surface area contributed by atoms with E-state index < -0.39 is 0 Å². The van der Waals surface area contributed by atoms with E-state index in [1.807, 2.05) is 6.07 Å². The van der Waals surface area contributed by atoms with E-state index in [-0.39, 0.29) is 11.4 Å². The second kappa shape index (κ2) is 9.26. The number of amides is 3. The molecule has 1 aliphatic rings. The van der Waals surface area contributed by atoms with E-state index in [1.165, 1.54) is 5.56 Å². The van der Waals surface area contributed by atoms with Crippen molar-refractivity contribution in [2.24, 2.45) is 0 Å². The minimum Gasteiger partial charge on any atom is -0.492 e. The first-order valence-corrected chi connectivity index (χ1v) is 9.75. The Morgan fingerprint density at radius 3 is 2.54 bits per heavy atom. The van der Waals surface area contributed by atoms with Gasteiger partial charge in [0.15, 0.2) is 0 Å². The predicted molar refractivity (Wildman–Crippen MR) is 106 cm³/mol. The van der Waals surface area contributed by atoms with Crippen molar-refractivity contribution in [3.8, 4) is 5.75 Å². The molecule has 26 heavy (non-hydrogen) atoms. The summed E-state index contributed by atoms with van der Waals surface area (Å²) in [6, 6.07) is 6.08. The number of piperazine rings is 1. The molecule has 1 saturated heterocycles. The van der Waals surface area contributed by atoms with Crippen LogP contribution < -0.4 is 10.1 Å². The number of nitrogens with zero attached hydrogens (tertiary/aromatic N) is 2. The number of ether oxygens (including phenoxy) is 1. The Morgan fingerprint density at radius 1 is 1.27 bits per heavy atom. The minimum absolute atomic E-state index is 0.0775. The summed E-state index contributed by atoms with van der Waals surface area (Å²) in [6.07, 6.45) is 1.56. The predicted octanol–water partition coefficient (Wildman–Crippen LogP) is 3.00. The van der Waals surface area contributed by atoms with Crippen molar-refractivity contribution < 1.29 is 14.3 Å². The quantitative estimate of drug-likeness (QED) is 0.562.